The van der Waals surface area contributed by atoms with Crippen molar-refractivity contribution in [2.24, 2.45) is 0 Å². The summed E-state index contributed by atoms with van der Waals surface area (Å²) in [5.74, 6) is 0. The van der Waals surface area contributed by atoms with E-state index in [1.807, 2.05) is 6.20 Å². The normalized spacial score (nSPS) is 13.0. The summed E-state index contributed by atoms with van der Waals surface area (Å²) >= 11 is 0. The van der Waals surface area contributed by atoms with Crippen LogP contribution in [0.2, 0.25) is 0 Å². The van der Waals surface area contributed by atoms with Crippen molar-refractivity contribution >= 4 is 0 Å². The summed E-state index contributed by atoms with van der Waals surface area (Å²) in [7, 11) is 2.16. The minimum atomic E-state index is 0.609. The molecule has 1 unspecified atom stereocenters. The second-order valence-corrected chi connectivity index (χ2v) is 4.61. The van der Waals surface area contributed by atoms with Crippen LogP contribution in [-0.2, 0) is 13.1 Å². The molecule has 96 valence electrons. The van der Waals surface area contributed by atoms with E-state index in [0.717, 1.165) is 25.3 Å². The highest BCUT2D eigenvalue weighted by Crippen LogP contribution is 2.07. The zero-order chi connectivity index (χ0) is 12.7. The smallest absolute Gasteiger partial charge is 0.0544 e. The molecule has 0 radical (unpaired) electrons. The molecule has 0 aliphatic rings. The van der Waals surface area contributed by atoms with Gasteiger partial charge in [0.25, 0.3) is 0 Å². The van der Waals surface area contributed by atoms with Gasteiger partial charge in [-0.2, -0.15) is 0 Å². The molecule has 1 aromatic rings. The van der Waals surface area contributed by atoms with Crippen molar-refractivity contribution in [1.29, 1.82) is 0 Å². The Hall–Kier alpha value is -0.930. The average Bonchev–Trinajstić information content (AvgIpc) is 2.37. The summed E-state index contributed by atoms with van der Waals surface area (Å²) < 4.78 is 0. The maximum absolute atomic E-state index is 4.51. The molecule has 1 aromatic heterocycles. The van der Waals surface area contributed by atoms with Gasteiger partial charge in [0.15, 0.2) is 0 Å². The fourth-order valence-electron chi connectivity index (χ4n) is 1.65. The van der Waals surface area contributed by atoms with E-state index in [-0.39, 0.29) is 0 Å². The van der Waals surface area contributed by atoms with Crippen LogP contribution in [0.15, 0.2) is 18.3 Å². The number of aromatic nitrogens is 1. The lowest BCUT2D eigenvalue weighted by atomic mass is 10.2. The molecule has 0 aliphatic heterocycles. The topological polar surface area (TPSA) is 28.2 Å². The molecule has 17 heavy (non-hydrogen) atoms. The van der Waals surface area contributed by atoms with Gasteiger partial charge >= 0.3 is 0 Å². The fourth-order valence-corrected chi connectivity index (χ4v) is 1.65. The lowest BCUT2D eigenvalue weighted by molar-refractivity contribution is 0.241. The molecule has 3 nitrogen and oxygen atoms in total. The predicted molar refractivity (Wildman–Crippen MR) is 72.8 cm³/mol. The number of hydrogen-bond donors (Lipinski definition) is 1. The van der Waals surface area contributed by atoms with Crippen molar-refractivity contribution in [2.75, 3.05) is 13.6 Å². The first-order valence-electron chi connectivity index (χ1n) is 6.52. The van der Waals surface area contributed by atoms with E-state index >= 15 is 0 Å². The molecule has 1 rings (SSSR count). The summed E-state index contributed by atoms with van der Waals surface area (Å²) in [5.41, 5.74) is 2.40. The zero-order valence-electron chi connectivity index (χ0n) is 11.5. The molecule has 3 heteroatoms. The number of hydrogen-bond acceptors (Lipinski definition) is 3. The lowest BCUT2D eigenvalue weighted by Crippen LogP contribution is -2.28. The number of nitrogens with one attached hydrogen (secondary N) is 1. The van der Waals surface area contributed by atoms with Crippen LogP contribution in [0.1, 0.15) is 38.4 Å². The van der Waals surface area contributed by atoms with E-state index in [1.54, 1.807) is 0 Å². The van der Waals surface area contributed by atoms with Crippen LogP contribution in [0.4, 0.5) is 0 Å². The van der Waals surface area contributed by atoms with Crippen molar-refractivity contribution in [3.05, 3.63) is 29.6 Å². The standard InChI is InChI=1S/C14H25N3/c1-5-12(3)17(4)11-14-8-7-13(10-16-14)9-15-6-2/h7-8,10,12,15H,5-6,9,11H2,1-4H3. The van der Waals surface area contributed by atoms with Crippen molar-refractivity contribution in [1.82, 2.24) is 15.2 Å². The largest absolute Gasteiger partial charge is 0.313 e. The first-order chi connectivity index (χ1) is 8.17. The Bertz CT molecular complexity index is 308. The molecule has 1 atom stereocenters. The minimum absolute atomic E-state index is 0.609. The van der Waals surface area contributed by atoms with Crippen molar-refractivity contribution < 1.29 is 0 Å². The van der Waals surface area contributed by atoms with Crippen LogP contribution in [0.25, 0.3) is 0 Å². The van der Waals surface area contributed by atoms with Crippen LogP contribution in [0, 0.1) is 0 Å². The SMILES string of the molecule is CCNCc1ccc(CN(C)C(C)CC)nc1. The van der Waals surface area contributed by atoms with Crippen LogP contribution in [0.5, 0.6) is 0 Å². The Kier molecular flexibility index (Phi) is 6.16. The van der Waals surface area contributed by atoms with Crippen molar-refractivity contribution in [3.63, 3.8) is 0 Å². The molecule has 0 fully saturated rings. The maximum Gasteiger partial charge on any atom is 0.0544 e. The molecule has 0 saturated carbocycles. The van der Waals surface area contributed by atoms with E-state index < -0.39 is 0 Å². The Balaban J connectivity index is 2.50. The predicted octanol–water partition coefficient (Wildman–Crippen LogP) is 2.42. The van der Waals surface area contributed by atoms with Gasteiger partial charge in [0.1, 0.15) is 0 Å². The number of nitrogens with zero attached hydrogens (tertiary/aromatic N) is 2. The van der Waals surface area contributed by atoms with Gasteiger partial charge in [0.2, 0.25) is 0 Å². The molecular formula is C14H25N3. The first kappa shape index (κ1) is 14.1. The van der Waals surface area contributed by atoms with Gasteiger partial charge in [0, 0.05) is 25.3 Å². The third kappa shape index (κ3) is 4.84. The van der Waals surface area contributed by atoms with Crippen LogP contribution >= 0.6 is 0 Å². The molecular weight excluding hydrogens is 210 g/mol. The van der Waals surface area contributed by atoms with Crippen LogP contribution < -0.4 is 5.32 Å². The molecule has 1 N–H and O–H groups in total. The highest BCUT2D eigenvalue weighted by molar-refractivity contribution is 5.13. The quantitative estimate of drug-likeness (QED) is 0.786. The molecule has 0 saturated heterocycles. The van der Waals surface area contributed by atoms with E-state index in [0.29, 0.717) is 6.04 Å². The molecule has 1 heterocycles. The maximum atomic E-state index is 4.51. The molecule has 0 aromatic carbocycles. The van der Waals surface area contributed by atoms with Gasteiger partial charge < -0.3 is 5.32 Å². The molecule has 0 spiro atoms. The second-order valence-electron chi connectivity index (χ2n) is 4.61. The third-order valence-corrected chi connectivity index (χ3v) is 3.22. The fraction of sp³-hybridized carbons (Fsp3) is 0.643. The summed E-state index contributed by atoms with van der Waals surface area (Å²) in [4.78, 5) is 6.85. The summed E-state index contributed by atoms with van der Waals surface area (Å²) in [6, 6.07) is 4.90. The van der Waals surface area contributed by atoms with E-state index in [4.69, 9.17) is 0 Å². The van der Waals surface area contributed by atoms with Crippen LogP contribution in [0.3, 0.4) is 0 Å². The third-order valence-electron chi connectivity index (χ3n) is 3.22. The van der Waals surface area contributed by atoms with E-state index in [1.165, 1.54) is 12.0 Å². The molecule has 0 amide bonds. The zero-order valence-corrected chi connectivity index (χ0v) is 11.5. The first-order valence-corrected chi connectivity index (χ1v) is 6.52. The summed E-state index contributed by atoms with van der Waals surface area (Å²) in [5, 5.41) is 3.30. The Morgan fingerprint density at radius 2 is 2.12 bits per heavy atom. The minimum Gasteiger partial charge on any atom is -0.313 e. The van der Waals surface area contributed by atoms with Crippen LogP contribution in [-0.4, -0.2) is 29.5 Å². The summed E-state index contributed by atoms with van der Waals surface area (Å²) in [6.07, 6.45) is 3.15. The van der Waals surface area contributed by atoms with Gasteiger partial charge in [-0.25, -0.2) is 0 Å². The second kappa shape index (κ2) is 7.41. The van der Waals surface area contributed by atoms with E-state index in [2.05, 4.69) is 55.2 Å². The van der Waals surface area contributed by atoms with Crippen molar-refractivity contribution in [2.45, 2.75) is 46.3 Å². The Morgan fingerprint density at radius 1 is 1.35 bits per heavy atom. The number of pyridine rings is 1. The van der Waals surface area contributed by atoms with E-state index in [9.17, 15) is 0 Å². The molecule has 0 bridgehead atoms. The van der Waals surface area contributed by atoms with Gasteiger partial charge in [-0.05, 0) is 38.6 Å². The number of rotatable bonds is 7. The van der Waals surface area contributed by atoms with Gasteiger partial charge in [0.05, 0.1) is 5.69 Å². The Labute approximate surface area is 105 Å². The van der Waals surface area contributed by atoms with Gasteiger partial charge in [-0.3, -0.25) is 9.88 Å². The van der Waals surface area contributed by atoms with Gasteiger partial charge in [-0.15, -0.1) is 0 Å². The average molecular weight is 235 g/mol. The van der Waals surface area contributed by atoms with Gasteiger partial charge in [-0.1, -0.05) is 19.9 Å². The lowest BCUT2D eigenvalue weighted by Gasteiger charge is -2.22. The highest BCUT2D eigenvalue weighted by atomic mass is 15.1. The van der Waals surface area contributed by atoms with Crippen molar-refractivity contribution in [3.8, 4) is 0 Å². The molecule has 0 aliphatic carbocycles. The summed E-state index contributed by atoms with van der Waals surface area (Å²) in [6.45, 7) is 9.41. The highest BCUT2D eigenvalue weighted by Gasteiger charge is 2.07. The monoisotopic (exact) mass is 235 g/mol. The Morgan fingerprint density at radius 3 is 2.65 bits per heavy atom.